The Labute approximate surface area is 75.4 Å². The Kier molecular flexibility index (Phi) is 1.77. The third kappa shape index (κ3) is 1.40. The van der Waals surface area contributed by atoms with Crippen molar-refractivity contribution in [3.63, 3.8) is 0 Å². The fraction of sp³-hybridized carbons (Fsp3) is 0.100. The van der Waals surface area contributed by atoms with E-state index in [4.69, 9.17) is 0 Å². The van der Waals surface area contributed by atoms with E-state index in [0.29, 0.717) is 5.56 Å². The minimum Gasteiger partial charge on any atom is -0.295 e. The third-order valence-electron chi connectivity index (χ3n) is 1.91. The zero-order valence-electron chi connectivity index (χ0n) is 7.19. The number of ketones is 1. The van der Waals surface area contributed by atoms with E-state index in [-0.39, 0.29) is 5.78 Å². The molecule has 0 spiro atoms. The number of fused-ring (bicyclic) bond motifs is 1. The van der Waals surface area contributed by atoms with Gasteiger partial charge < -0.3 is 0 Å². The molecule has 0 atom stereocenters. The monoisotopic (exact) mass is 172 g/mol. The number of hydrogen-bond donors (Lipinski definition) is 0. The first-order valence-electron chi connectivity index (χ1n) is 3.98. The smallest absolute Gasteiger partial charge is 0.159 e. The van der Waals surface area contributed by atoms with Crippen LogP contribution in [0.3, 0.4) is 0 Å². The highest BCUT2D eigenvalue weighted by Gasteiger charge is 2.00. The summed E-state index contributed by atoms with van der Waals surface area (Å²) in [6, 6.07) is 5.41. The average molecular weight is 172 g/mol. The highest BCUT2D eigenvalue weighted by Crippen LogP contribution is 2.12. The lowest BCUT2D eigenvalue weighted by Gasteiger charge is -1.97. The van der Waals surface area contributed by atoms with Gasteiger partial charge in [0.1, 0.15) is 6.33 Å². The number of rotatable bonds is 1. The zero-order valence-corrected chi connectivity index (χ0v) is 7.19. The van der Waals surface area contributed by atoms with Gasteiger partial charge in [-0.1, -0.05) is 0 Å². The van der Waals surface area contributed by atoms with Crippen molar-refractivity contribution in [3.8, 4) is 0 Å². The standard InChI is InChI=1S/C10H8N2O/c1-7(13)8-2-3-10-9(4-8)5-11-6-12-10/h2-6H,1H3. The number of hydrogen-bond acceptors (Lipinski definition) is 3. The fourth-order valence-corrected chi connectivity index (χ4v) is 1.20. The maximum absolute atomic E-state index is 11.0. The molecule has 1 aromatic carbocycles. The molecule has 0 aliphatic rings. The maximum Gasteiger partial charge on any atom is 0.159 e. The van der Waals surface area contributed by atoms with Gasteiger partial charge in [0, 0.05) is 17.1 Å². The van der Waals surface area contributed by atoms with Gasteiger partial charge in [-0.05, 0) is 25.1 Å². The van der Waals surface area contributed by atoms with Crippen LogP contribution in [-0.2, 0) is 0 Å². The summed E-state index contributed by atoms with van der Waals surface area (Å²) in [6.07, 6.45) is 3.20. The van der Waals surface area contributed by atoms with Crippen molar-refractivity contribution in [3.05, 3.63) is 36.3 Å². The second-order valence-electron chi connectivity index (χ2n) is 2.85. The third-order valence-corrected chi connectivity index (χ3v) is 1.91. The number of nitrogens with zero attached hydrogens (tertiary/aromatic N) is 2. The molecule has 0 saturated heterocycles. The molecule has 0 fully saturated rings. The van der Waals surface area contributed by atoms with E-state index in [1.54, 1.807) is 25.3 Å². The van der Waals surface area contributed by atoms with Gasteiger partial charge in [0.25, 0.3) is 0 Å². The Morgan fingerprint density at radius 3 is 3.00 bits per heavy atom. The molecule has 3 heteroatoms. The van der Waals surface area contributed by atoms with Crippen molar-refractivity contribution in [1.82, 2.24) is 9.97 Å². The van der Waals surface area contributed by atoms with Crippen LogP contribution in [-0.4, -0.2) is 15.8 Å². The van der Waals surface area contributed by atoms with Crippen molar-refractivity contribution in [1.29, 1.82) is 0 Å². The Bertz CT molecular complexity index is 465. The lowest BCUT2D eigenvalue weighted by atomic mass is 10.1. The SMILES string of the molecule is CC(=O)c1ccc2ncncc2c1. The van der Waals surface area contributed by atoms with Gasteiger partial charge in [0.05, 0.1) is 5.52 Å². The minimum atomic E-state index is 0.0609. The van der Waals surface area contributed by atoms with Gasteiger partial charge in [0.2, 0.25) is 0 Å². The molecular weight excluding hydrogens is 164 g/mol. The van der Waals surface area contributed by atoms with E-state index < -0.39 is 0 Å². The molecule has 1 aromatic heterocycles. The maximum atomic E-state index is 11.0. The predicted molar refractivity (Wildman–Crippen MR) is 49.5 cm³/mol. The largest absolute Gasteiger partial charge is 0.295 e. The van der Waals surface area contributed by atoms with Gasteiger partial charge in [-0.25, -0.2) is 9.97 Å². The molecular formula is C10H8N2O. The molecule has 13 heavy (non-hydrogen) atoms. The molecule has 0 aliphatic carbocycles. The van der Waals surface area contributed by atoms with E-state index in [1.165, 1.54) is 6.33 Å². The molecule has 0 amide bonds. The summed E-state index contributed by atoms with van der Waals surface area (Å²) >= 11 is 0. The van der Waals surface area contributed by atoms with E-state index in [2.05, 4.69) is 9.97 Å². The number of Topliss-reactive ketones (excluding diaryl/α,β-unsaturated/α-hetero) is 1. The van der Waals surface area contributed by atoms with Crippen molar-refractivity contribution in [2.24, 2.45) is 0 Å². The fourth-order valence-electron chi connectivity index (χ4n) is 1.20. The van der Waals surface area contributed by atoms with Crippen molar-refractivity contribution < 1.29 is 4.79 Å². The first kappa shape index (κ1) is 7.86. The van der Waals surface area contributed by atoms with Crippen LogP contribution >= 0.6 is 0 Å². The molecule has 0 bridgehead atoms. The zero-order chi connectivity index (χ0) is 9.26. The molecule has 0 aliphatic heterocycles. The van der Waals surface area contributed by atoms with Crippen LogP contribution in [0.25, 0.3) is 10.9 Å². The van der Waals surface area contributed by atoms with Crippen molar-refractivity contribution in [2.45, 2.75) is 6.92 Å². The molecule has 0 radical (unpaired) electrons. The van der Waals surface area contributed by atoms with Gasteiger partial charge in [-0.3, -0.25) is 4.79 Å². The predicted octanol–water partition coefficient (Wildman–Crippen LogP) is 1.83. The molecule has 2 aromatic rings. The van der Waals surface area contributed by atoms with Crippen LogP contribution in [0.5, 0.6) is 0 Å². The van der Waals surface area contributed by atoms with Crippen LogP contribution in [0.15, 0.2) is 30.7 Å². The molecule has 0 saturated carbocycles. The van der Waals surface area contributed by atoms with Crippen LogP contribution < -0.4 is 0 Å². The second-order valence-corrected chi connectivity index (χ2v) is 2.85. The quantitative estimate of drug-likeness (QED) is 0.616. The summed E-state index contributed by atoms with van der Waals surface area (Å²) in [6.45, 7) is 1.55. The summed E-state index contributed by atoms with van der Waals surface area (Å²) in [5, 5.41) is 0.898. The van der Waals surface area contributed by atoms with E-state index in [1.807, 2.05) is 6.07 Å². The molecule has 2 rings (SSSR count). The van der Waals surface area contributed by atoms with Crippen molar-refractivity contribution in [2.75, 3.05) is 0 Å². The van der Waals surface area contributed by atoms with Crippen LogP contribution in [0, 0.1) is 0 Å². The first-order valence-corrected chi connectivity index (χ1v) is 3.98. The average Bonchev–Trinajstić information content (AvgIpc) is 2.17. The van der Waals surface area contributed by atoms with Crippen LogP contribution in [0.2, 0.25) is 0 Å². The minimum absolute atomic E-state index is 0.0609. The summed E-state index contributed by atoms with van der Waals surface area (Å²) < 4.78 is 0. The highest BCUT2D eigenvalue weighted by molar-refractivity contribution is 5.97. The van der Waals surface area contributed by atoms with Gasteiger partial charge in [-0.15, -0.1) is 0 Å². The summed E-state index contributed by atoms with van der Waals surface area (Å²) in [5.74, 6) is 0.0609. The summed E-state index contributed by atoms with van der Waals surface area (Å²) in [4.78, 5) is 19.0. The lowest BCUT2D eigenvalue weighted by molar-refractivity contribution is 0.101. The van der Waals surface area contributed by atoms with E-state index >= 15 is 0 Å². The van der Waals surface area contributed by atoms with E-state index in [0.717, 1.165) is 10.9 Å². The van der Waals surface area contributed by atoms with Gasteiger partial charge in [-0.2, -0.15) is 0 Å². The number of benzene rings is 1. The van der Waals surface area contributed by atoms with Gasteiger partial charge in [0.15, 0.2) is 5.78 Å². The first-order chi connectivity index (χ1) is 6.27. The van der Waals surface area contributed by atoms with Crippen LogP contribution in [0.1, 0.15) is 17.3 Å². The Balaban J connectivity index is 2.69. The molecule has 0 unspecified atom stereocenters. The normalized spacial score (nSPS) is 10.2. The number of aromatic nitrogens is 2. The Morgan fingerprint density at radius 1 is 1.38 bits per heavy atom. The van der Waals surface area contributed by atoms with Crippen LogP contribution in [0.4, 0.5) is 0 Å². The number of carbonyl (C=O) groups excluding carboxylic acids is 1. The Morgan fingerprint density at radius 2 is 2.23 bits per heavy atom. The summed E-state index contributed by atoms with van der Waals surface area (Å²) in [5.41, 5.74) is 1.56. The molecule has 64 valence electrons. The molecule has 3 nitrogen and oxygen atoms in total. The lowest BCUT2D eigenvalue weighted by Crippen LogP contribution is -1.91. The topological polar surface area (TPSA) is 42.9 Å². The van der Waals surface area contributed by atoms with Crippen molar-refractivity contribution >= 4 is 16.7 Å². The van der Waals surface area contributed by atoms with Gasteiger partial charge >= 0.3 is 0 Å². The molecule has 0 N–H and O–H groups in total. The van der Waals surface area contributed by atoms with E-state index in [9.17, 15) is 4.79 Å². The Hall–Kier alpha value is -1.77. The highest BCUT2D eigenvalue weighted by atomic mass is 16.1. The number of carbonyl (C=O) groups is 1. The second kappa shape index (κ2) is 2.94. The summed E-state index contributed by atoms with van der Waals surface area (Å²) in [7, 11) is 0. The molecule has 1 heterocycles.